The lowest BCUT2D eigenvalue weighted by atomic mass is 9.91. The van der Waals surface area contributed by atoms with Crippen molar-refractivity contribution in [2.24, 2.45) is 5.92 Å². The minimum Gasteiger partial charge on any atom is -0.380 e. The zero-order chi connectivity index (χ0) is 12.5. The topological polar surface area (TPSA) is 64.9 Å². The van der Waals surface area contributed by atoms with Crippen LogP contribution in [-0.4, -0.2) is 10.1 Å². The van der Waals surface area contributed by atoms with Gasteiger partial charge in [-0.15, -0.1) is 0 Å². The average molecular weight is 243 g/mol. The number of nitrogens with zero attached hydrogens (tertiary/aromatic N) is 2. The molecule has 0 aliphatic heterocycles. The number of pyridine rings is 1. The molecule has 3 rings (SSSR count). The smallest absolute Gasteiger partial charge is 0.175 e. The zero-order valence-corrected chi connectivity index (χ0v) is 10.5. The van der Waals surface area contributed by atoms with Gasteiger partial charge in [-0.25, -0.2) is 0 Å². The Balaban J connectivity index is 2.07. The highest BCUT2D eigenvalue weighted by Crippen LogP contribution is 2.44. The molecule has 1 aliphatic carbocycles. The summed E-state index contributed by atoms with van der Waals surface area (Å²) < 4.78 is 5.50. The molecule has 0 radical (unpaired) electrons. The monoisotopic (exact) mass is 243 g/mol. The first-order valence-electron chi connectivity index (χ1n) is 6.43. The third kappa shape index (κ3) is 1.78. The van der Waals surface area contributed by atoms with Gasteiger partial charge in [0.25, 0.3) is 0 Å². The quantitative estimate of drug-likeness (QED) is 0.879. The second-order valence-corrected chi connectivity index (χ2v) is 5.06. The van der Waals surface area contributed by atoms with Crippen LogP contribution in [0.3, 0.4) is 0 Å². The van der Waals surface area contributed by atoms with E-state index in [9.17, 15) is 0 Å². The Hall–Kier alpha value is -1.84. The van der Waals surface area contributed by atoms with Crippen molar-refractivity contribution < 1.29 is 4.52 Å². The summed E-state index contributed by atoms with van der Waals surface area (Å²) >= 11 is 0. The highest BCUT2D eigenvalue weighted by molar-refractivity contribution is 5.75. The van der Waals surface area contributed by atoms with Crippen molar-refractivity contribution in [3.63, 3.8) is 0 Å². The fraction of sp³-hybridized carbons (Fsp3) is 0.429. The lowest BCUT2D eigenvalue weighted by Crippen LogP contribution is -2.02. The molecule has 0 aromatic carbocycles. The Morgan fingerprint density at radius 2 is 2.28 bits per heavy atom. The maximum atomic E-state index is 5.95. The number of rotatable bonds is 2. The highest BCUT2D eigenvalue weighted by atomic mass is 16.5. The normalized spacial score (nSPS) is 23.4. The van der Waals surface area contributed by atoms with Crippen LogP contribution < -0.4 is 5.73 Å². The molecule has 2 atom stereocenters. The van der Waals surface area contributed by atoms with Crippen LogP contribution in [0.4, 0.5) is 5.82 Å². The van der Waals surface area contributed by atoms with Crippen molar-refractivity contribution >= 4 is 5.82 Å². The second kappa shape index (κ2) is 4.44. The number of hydrogen-bond acceptors (Lipinski definition) is 4. The average Bonchev–Trinajstić information content (AvgIpc) is 2.96. The Bertz CT molecular complexity index is 535. The molecular weight excluding hydrogens is 226 g/mol. The van der Waals surface area contributed by atoms with Gasteiger partial charge in [-0.05, 0) is 24.8 Å². The minimum absolute atomic E-state index is 0.435. The third-order valence-electron chi connectivity index (χ3n) is 3.89. The Morgan fingerprint density at radius 3 is 2.94 bits per heavy atom. The molecule has 94 valence electrons. The number of hydrogen-bond donors (Lipinski definition) is 1. The van der Waals surface area contributed by atoms with Crippen molar-refractivity contribution in [3.05, 3.63) is 30.3 Å². The molecule has 2 heterocycles. The van der Waals surface area contributed by atoms with Gasteiger partial charge >= 0.3 is 0 Å². The summed E-state index contributed by atoms with van der Waals surface area (Å²) in [5.74, 6) is 2.47. The Kier molecular flexibility index (Phi) is 2.78. The number of aromatic nitrogens is 2. The molecule has 1 fully saturated rings. The summed E-state index contributed by atoms with van der Waals surface area (Å²) in [5.41, 5.74) is 7.88. The lowest BCUT2D eigenvalue weighted by Gasteiger charge is -2.13. The van der Waals surface area contributed by atoms with E-state index in [4.69, 9.17) is 10.3 Å². The van der Waals surface area contributed by atoms with Crippen LogP contribution in [0, 0.1) is 5.92 Å². The summed E-state index contributed by atoms with van der Waals surface area (Å²) in [5, 5.41) is 3.95. The predicted molar refractivity (Wildman–Crippen MR) is 69.9 cm³/mol. The molecule has 2 unspecified atom stereocenters. The standard InChI is InChI=1S/C14H17N3O/c1-9-4-2-6-11(9)13-12(14(15)17-18-13)10-5-3-7-16-8-10/h3,5,7-9,11H,2,4,6H2,1H3,(H2,15,17). The molecule has 0 saturated heterocycles. The molecule has 2 aromatic heterocycles. The molecule has 2 aromatic rings. The van der Waals surface area contributed by atoms with E-state index in [1.165, 1.54) is 12.8 Å². The van der Waals surface area contributed by atoms with Gasteiger partial charge in [0.05, 0.1) is 5.56 Å². The summed E-state index contributed by atoms with van der Waals surface area (Å²) in [7, 11) is 0. The van der Waals surface area contributed by atoms with Crippen molar-refractivity contribution in [3.8, 4) is 11.1 Å². The maximum Gasteiger partial charge on any atom is 0.175 e. The molecule has 0 spiro atoms. The van der Waals surface area contributed by atoms with Gasteiger partial charge in [0.15, 0.2) is 5.82 Å². The summed E-state index contributed by atoms with van der Waals surface area (Å²) in [6.45, 7) is 2.27. The van der Waals surface area contributed by atoms with E-state index in [-0.39, 0.29) is 0 Å². The van der Waals surface area contributed by atoms with E-state index in [0.29, 0.717) is 17.7 Å². The SMILES string of the molecule is CC1CCCC1c1onc(N)c1-c1cccnc1. The second-order valence-electron chi connectivity index (χ2n) is 5.06. The first-order chi connectivity index (χ1) is 8.77. The van der Waals surface area contributed by atoms with E-state index >= 15 is 0 Å². The first-order valence-corrected chi connectivity index (χ1v) is 6.43. The zero-order valence-electron chi connectivity index (χ0n) is 10.5. The van der Waals surface area contributed by atoms with Crippen LogP contribution in [0.1, 0.15) is 37.9 Å². The van der Waals surface area contributed by atoms with Crippen molar-refractivity contribution in [2.45, 2.75) is 32.1 Å². The molecule has 1 saturated carbocycles. The van der Waals surface area contributed by atoms with Crippen LogP contribution in [0.2, 0.25) is 0 Å². The van der Waals surface area contributed by atoms with Crippen LogP contribution in [0.25, 0.3) is 11.1 Å². The molecule has 4 nitrogen and oxygen atoms in total. The van der Waals surface area contributed by atoms with Gasteiger partial charge in [0.2, 0.25) is 0 Å². The van der Waals surface area contributed by atoms with Gasteiger partial charge in [-0.1, -0.05) is 24.6 Å². The van der Waals surface area contributed by atoms with Crippen molar-refractivity contribution in [1.82, 2.24) is 10.1 Å². The summed E-state index contributed by atoms with van der Waals surface area (Å²) in [4.78, 5) is 4.14. The first kappa shape index (κ1) is 11.3. The fourth-order valence-corrected chi connectivity index (χ4v) is 2.90. The lowest BCUT2D eigenvalue weighted by molar-refractivity contribution is 0.341. The third-order valence-corrected chi connectivity index (χ3v) is 3.89. The molecule has 0 amide bonds. The molecular formula is C14H17N3O. The number of anilines is 1. The van der Waals surface area contributed by atoms with E-state index in [2.05, 4.69) is 17.1 Å². The van der Waals surface area contributed by atoms with Crippen LogP contribution in [0.15, 0.2) is 29.0 Å². The Labute approximate surface area is 106 Å². The van der Waals surface area contributed by atoms with E-state index < -0.39 is 0 Å². The molecule has 1 aliphatic rings. The minimum atomic E-state index is 0.435. The van der Waals surface area contributed by atoms with Crippen LogP contribution in [0.5, 0.6) is 0 Å². The maximum absolute atomic E-state index is 5.95. The summed E-state index contributed by atoms with van der Waals surface area (Å²) in [6, 6.07) is 3.91. The Morgan fingerprint density at radius 1 is 1.39 bits per heavy atom. The van der Waals surface area contributed by atoms with Gasteiger partial charge in [-0.2, -0.15) is 0 Å². The molecule has 2 N–H and O–H groups in total. The van der Waals surface area contributed by atoms with E-state index in [0.717, 1.165) is 23.3 Å². The number of nitrogens with two attached hydrogens (primary N) is 1. The van der Waals surface area contributed by atoms with Gasteiger partial charge in [0.1, 0.15) is 5.76 Å². The predicted octanol–water partition coefficient (Wildman–Crippen LogP) is 3.22. The van der Waals surface area contributed by atoms with Gasteiger partial charge in [-0.3, -0.25) is 4.98 Å². The van der Waals surface area contributed by atoms with Crippen LogP contribution in [-0.2, 0) is 0 Å². The van der Waals surface area contributed by atoms with E-state index in [1.54, 1.807) is 6.20 Å². The fourth-order valence-electron chi connectivity index (χ4n) is 2.90. The molecule has 18 heavy (non-hydrogen) atoms. The highest BCUT2D eigenvalue weighted by Gasteiger charge is 2.31. The van der Waals surface area contributed by atoms with Crippen molar-refractivity contribution in [2.75, 3.05) is 5.73 Å². The van der Waals surface area contributed by atoms with Crippen LogP contribution >= 0.6 is 0 Å². The van der Waals surface area contributed by atoms with Crippen molar-refractivity contribution in [1.29, 1.82) is 0 Å². The molecule has 0 bridgehead atoms. The molecule has 4 heteroatoms. The number of nitrogen functional groups attached to an aromatic ring is 1. The van der Waals surface area contributed by atoms with Gasteiger partial charge in [0, 0.05) is 23.9 Å². The van der Waals surface area contributed by atoms with Gasteiger partial charge < -0.3 is 10.3 Å². The summed E-state index contributed by atoms with van der Waals surface area (Å²) in [6.07, 6.45) is 7.22. The van der Waals surface area contributed by atoms with E-state index in [1.807, 2.05) is 18.3 Å². The largest absolute Gasteiger partial charge is 0.380 e.